The third-order valence-electron chi connectivity index (χ3n) is 3.24. The summed E-state index contributed by atoms with van der Waals surface area (Å²) in [6, 6.07) is 5.12. The van der Waals surface area contributed by atoms with E-state index in [4.69, 9.17) is 9.26 Å². The largest absolute Gasteiger partial charge is 0.504 e. The number of nitrogens with one attached hydrogen (secondary N) is 1. The number of aromatic nitrogens is 2. The summed E-state index contributed by atoms with van der Waals surface area (Å²) in [5.41, 5.74) is 0.752. The van der Waals surface area contributed by atoms with Crippen LogP contribution in [0.25, 0.3) is 11.4 Å². The van der Waals surface area contributed by atoms with Gasteiger partial charge in [-0.25, -0.2) is 0 Å². The highest BCUT2D eigenvalue weighted by atomic mass is 16.5. The molecule has 0 amide bonds. The van der Waals surface area contributed by atoms with Gasteiger partial charge in [-0.15, -0.1) is 0 Å². The fourth-order valence-corrected chi connectivity index (χ4v) is 2.21. The molecule has 2 N–H and O–H groups in total. The maximum atomic E-state index is 9.56. The van der Waals surface area contributed by atoms with Gasteiger partial charge in [-0.2, -0.15) is 4.98 Å². The van der Waals surface area contributed by atoms with Gasteiger partial charge in [0.2, 0.25) is 11.7 Å². The van der Waals surface area contributed by atoms with E-state index in [1.165, 1.54) is 7.11 Å². The van der Waals surface area contributed by atoms with Crippen LogP contribution < -0.4 is 10.1 Å². The summed E-state index contributed by atoms with van der Waals surface area (Å²) in [6.45, 7) is 0.982. The molecule has 100 valence electrons. The molecule has 1 aliphatic heterocycles. The molecule has 0 saturated carbocycles. The molecule has 0 unspecified atom stereocenters. The second kappa shape index (κ2) is 4.89. The minimum atomic E-state index is 0.0902. The molecule has 1 fully saturated rings. The minimum Gasteiger partial charge on any atom is -0.504 e. The molecule has 1 aromatic heterocycles. The van der Waals surface area contributed by atoms with E-state index in [1.807, 2.05) is 0 Å². The molecular weight excluding hydrogens is 246 g/mol. The highest BCUT2D eigenvalue weighted by Gasteiger charge is 2.22. The van der Waals surface area contributed by atoms with E-state index in [9.17, 15) is 5.11 Å². The maximum absolute atomic E-state index is 9.56. The number of nitrogens with zero attached hydrogens (tertiary/aromatic N) is 2. The van der Waals surface area contributed by atoms with E-state index in [0.717, 1.165) is 24.9 Å². The SMILES string of the molecule is COc1cc(-c2noc([C@H]3CCCN3)n2)ccc1O. The smallest absolute Gasteiger partial charge is 0.244 e. The average molecular weight is 261 g/mol. The van der Waals surface area contributed by atoms with Gasteiger partial charge in [-0.05, 0) is 37.6 Å². The zero-order valence-electron chi connectivity index (χ0n) is 10.6. The molecule has 1 aromatic carbocycles. The van der Waals surface area contributed by atoms with Crippen molar-refractivity contribution in [3.63, 3.8) is 0 Å². The number of ether oxygens (including phenoxy) is 1. The summed E-state index contributed by atoms with van der Waals surface area (Å²) in [5.74, 6) is 1.59. The first kappa shape index (κ1) is 12.0. The topological polar surface area (TPSA) is 80.4 Å². The van der Waals surface area contributed by atoms with Crippen LogP contribution in [0.4, 0.5) is 0 Å². The lowest BCUT2D eigenvalue weighted by Gasteiger charge is -2.04. The second-order valence-electron chi connectivity index (χ2n) is 4.49. The van der Waals surface area contributed by atoms with Gasteiger partial charge >= 0.3 is 0 Å². The van der Waals surface area contributed by atoms with Crippen molar-refractivity contribution in [2.45, 2.75) is 18.9 Å². The van der Waals surface area contributed by atoms with Gasteiger partial charge in [-0.3, -0.25) is 0 Å². The van der Waals surface area contributed by atoms with Gasteiger partial charge in [0.05, 0.1) is 13.2 Å². The molecular formula is C13H15N3O3. The molecule has 1 aliphatic rings. The number of rotatable bonds is 3. The van der Waals surface area contributed by atoms with Gasteiger partial charge < -0.3 is 19.7 Å². The molecule has 6 nitrogen and oxygen atoms in total. The first-order valence-corrected chi connectivity index (χ1v) is 6.22. The molecule has 6 heteroatoms. The molecule has 2 aromatic rings. The molecule has 1 atom stereocenters. The van der Waals surface area contributed by atoms with Gasteiger partial charge in [0, 0.05) is 5.56 Å². The predicted molar refractivity (Wildman–Crippen MR) is 67.9 cm³/mol. The Hall–Kier alpha value is -2.08. The summed E-state index contributed by atoms with van der Waals surface area (Å²) in [6.07, 6.45) is 2.13. The Labute approximate surface area is 110 Å². The van der Waals surface area contributed by atoms with Gasteiger partial charge in [0.25, 0.3) is 0 Å². The van der Waals surface area contributed by atoms with Crippen LogP contribution in [-0.4, -0.2) is 28.9 Å². The Balaban J connectivity index is 1.89. The molecule has 0 aliphatic carbocycles. The molecule has 0 spiro atoms. The summed E-state index contributed by atoms with van der Waals surface area (Å²) in [5, 5.41) is 16.8. The summed E-state index contributed by atoms with van der Waals surface area (Å²) >= 11 is 0. The summed E-state index contributed by atoms with van der Waals surface area (Å²) < 4.78 is 10.3. The Kier molecular flexibility index (Phi) is 3.08. The summed E-state index contributed by atoms with van der Waals surface area (Å²) in [7, 11) is 1.50. The van der Waals surface area contributed by atoms with Gasteiger partial charge in [0.15, 0.2) is 11.5 Å². The highest BCUT2D eigenvalue weighted by Crippen LogP contribution is 2.31. The monoisotopic (exact) mass is 261 g/mol. The van der Waals surface area contributed by atoms with Crippen LogP contribution in [0, 0.1) is 0 Å². The van der Waals surface area contributed by atoms with Crippen LogP contribution in [-0.2, 0) is 0 Å². The van der Waals surface area contributed by atoms with Crippen LogP contribution in [0.2, 0.25) is 0 Å². The van der Waals surface area contributed by atoms with Crippen molar-refractivity contribution in [3.8, 4) is 22.9 Å². The van der Waals surface area contributed by atoms with Crippen molar-refractivity contribution in [3.05, 3.63) is 24.1 Å². The third kappa shape index (κ3) is 2.26. The van der Waals surface area contributed by atoms with E-state index in [-0.39, 0.29) is 11.8 Å². The van der Waals surface area contributed by atoms with Crippen molar-refractivity contribution in [2.24, 2.45) is 0 Å². The number of hydrogen-bond acceptors (Lipinski definition) is 6. The lowest BCUT2D eigenvalue weighted by Crippen LogP contribution is -2.12. The van der Waals surface area contributed by atoms with E-state index in [1.54, 1.807) is 18.2 Å². The lowest BCUT2D eigenvalue weighted by molar-refractivity contribution is 0.345. The Bertz CT molecular complexity index is 576. The van der Waals surface area contributed by atoms with Crippen molar-refractivity contribution >= 4 is 0 Å². The maximum Gasteiger partial charge on any atom is 0.244 e. The standard InChI is InChI=1S/C13H15N3O3/c1-18-11-7-8(4-5-10(11)17)12-15-13(19-16-12)9-3-2-6-14-9/h4-5,7,9,14,17H,2-3,6H2,1H3/t9-/m1/s1. The first-order chi connectivity index (χ1) is 9.28. The number of hydrogen-bond donors (Lipinski definition) is 2. The average Bonchev–Trinajstić information content (AvgIpc) is 3.10. The Morgan fingerprint density at radius 3 is 3.11 bits per heavy atom. The van der Waals surface area contributed by atoms with E-state index < -0.39 is 0 Å². The molecule has 0 radical (unpaired) electrons. The van der Waals surface area contributed by atoms with Gasteiger partial charge in [-0.1, -0.05) is 5.16 Å². The lowest BCUT2D eigenvalue weighted by atomic mass is 10.2. The van der Waals surface area contributed by atoms with E-state index in [0.29, 0.717) is 17.5 Å². The number of aromatic hydroxyl groups is 1. The fraction of sp³-hybridized carbons (Fsp3) is 0.385. The zero-order chi connectivity index (χ0) is 13.2. The number of phenolic OH excluding ortho intramolecular Hbond substituents is 1. The third-order valence-corrected chi connectivity index (χ3v) is 3.24. The van der Waals surface area contributed by atoms with Crippen molar-refractivity contribution < 1.29 is 14.4 Å². The van der Waals surface area contributed by atoms with E-state index in [2.05, 4.69) is 15.5 Å². The second-order valence-corrected chi connectivity index (χ2v) is 4.49. The van der Waals surface area contributed by atoms with Crippen LogP contribution >= 0.6 is 0 Å². The normalized spacial score (nSPS) is 18.7. The fourth-order valence-electron chi connectivity index (χ4n) is 2.21. The minimum absolute atomic E-state index is 0.0902. The Morgan fingerprint density at radius 2 is 2.37 bits per heavy atom. The zero-order valence-corrected chi connectivity index (χ0v) is 10.6. The van der Waals surface area contributed by atoms with Crippen LogP contribution in [0.15, 0.2) is 22.7 Å². The van der Waals surface area contributed by atoms with Crippen LogP contribution in [0.1, 0.15) is 24.8 Å². The first-order valence-electron chi connectivity index (χ1n) is 6.22. The molecule has 3 rings (SSSR count). The molecule has 1 saturated heterocycles. The number of benzene rings is 1. The van der Waals surface area contributed by atoms with Crippen LogP contribution in [0.5, 0.6) is 11.5 Å². The van der Waals surface area contributed by atoms with E-state index >= 15 is 0 Å². The number of methoxy groups -OCH3 is 1. The van der Waals surface area contributed by atoms with Crippen molar-refractivity contribution in [2.75, 3.05) is 13.7 Å². The molecule has 19 heavy (non-hydrogen) atoms. The highest BCUT2D eigenvalue weighted by molar-refractivity contribution is 5.60. The Morgan fingerprint density at radius 1 is 1.47 bits per heavy atom. The predicted octanol–water partition coefficient (Wildman–Crippen LogP) is 1.88. The van der Waals surface area contributed by atoms with Crippen molar-refractivity contribution in [1.29, 1.82) is 0 Å². The number of phenols is 1. The van der Waals surface area contributed by atoms with Gasteiger partial charge in [0.1, 0.15) is 0 Å². The van der Waals surface area contributed by atoms with Crippen molar-refractivity contribution in [1.82, 2.24) is 15.5 Å². The van der Waals surface area contributed by atoms with Crippen LogP contribution in [0.3, 0.4) is 0 Å². The quantitative estimate of drug-likeness (QED) is 0.878. The molecule has 2 heterocycles. The summed E-state index contributed by atoms with van der Waals surface area (Å²) in [4.78, 5) is 4.39. The molecule has 0 bridgehead atoms.